The summed E-state index contributed by atoms with van der Waals surface area (Å²) in [5, 5.41) is 12.0. The van der Waals surface area contributed by atoms with Crippen molar-refractivity contribution >= 4 is 5.97 Å². The van der Waals surface area contributed by atoms with Crippen molar-refractivity contribution in [1.82, 2.24) is 5.32 Å². The second-order valence-electron chi connectivity index (χ2n) is 4.65. The Labute approximate surface area is 95.1 Å². The zero-order chi connectivity index (χ0) is 11.6. The third-order valence-corrected chi connectivity index (χ3v) is 3.33. The molecule has 2 aliphatic rings. The van der Waals surface area contributed by atoms with E-state index in [1.807, 2.05) is 6.92 Å². The largest absolute Gasteiger partial charge is 0.481 e. The maximum Gasteiger partial charge on any atom is 0.303 e. The maximum atomic E-state index is 10.5. The van der Waals surface area contributed by atoms with Gasteiger partial charge in [0, 0.05) is 6.42 Å². The maximum absolute atomic E-state index is 10.5. The highest BCUT2D eigenvalue weighted by molar-refractivity contribution is 5.66. The molecule has 2 aliphatic heterocycles. The Morgan fingerprint density at radius 1 is 1.62 bits per heavy atom. The number of carboxylic acids is 1. The normalized spacial score (nSPS) is 39.1. The van der Waals surface area contributed by atoms with Gasteiger partial charge in [-0.3, -0.25) is 4.79 Å². The summed E-state index contributed by atoms with van der Waals surface area (Å²) in [5.74, 6) is -1.35. The summed E-state index contributed by atoms with van der Waals surface area (Å²) in [7, 11) is 0. The average molecular weight is 229 g/mol. The molecule has 2 N–H and O–H groups in total. The predicted molar refractivity (Wildman–Crippen MR) is 57.1 cm³/mol. The van der Waals surface area contributed by atoms with Gasteiger partial charge in [0.15, 0.2) is 5.79 Å². The number of nitrogens with one attached hydrogen (secondary N) is 1. The summed E-state index contributed by atoms with van der Waals surface area (Å²) in [6, 6.07) is 0.238. The van der Waals surface area contributed by atoms with Crippen molar-refractivity contribution in [2.24, 2.45) is 0 Å². The molecule has 3 atom stereocenters. The van der Waals surface area contributed by atoms with Crippen LogP contribution in [0.4, 0.5) is 0 Å². The van der Waals surface area contributed by atoms with Gasteiger partial charge in [-0.15, -0.1) is 0 Å². The lowest BCUT2D eigenvalue weighted by Crippen LogP contribution is -2.46. The number of hydrogen-bond acceptors (Lipinski definition) is 4. The van der Waals surface area contributed by atoms with Crippen molar-refractivity contribution in [1.29, 1.82) is 0 Å². The quantitative estimate of drug-likeness (QED) is 0.744. The van der Waals surface area contributed by atoms with Gasteiger partial charge in [0.1, 0.15) is 0 Å². The van der Waals surface area contributed by atoms with Crippen LogP contribution in [-0.2, 0) is 14.3 Å². The second-order valence-corrected chi connectivity index (χ2v) is 4.65. The molecule has 0 aromatic carbocycles. The van der Waals surface area contributed by atoms with Gasteiger partial charge in [0.2, 0.25) is 0 Å². The molecule has 0 radical (unpaired) electrons. The van der Waals surface area contributed by atoms with Gasteiger partial charge >= 0.3 is 5.97 Å². The molecule has 2 fully saturated rings. The van der Waals surface area contributed by atoms with Crippen LogP contribution in [-0.4, -0.2) is 42.2 Å². The number of carbonyl (C=O) groups is 1. The second kappa shape index (κ2) is 4.69. The molecule has 5 heteroatoms. The third kappa shape index (κ3) is 2.53. The molecule has 3 unspecified atom stereocenters. The van der Waals surface area contributed by atoms with Crippen molar-refractivity contribution in [3.05, 3.63) is 0 Å². The first-order chi connectivity index (χ1) is 7.60. The van der Waals surface area contributed by atoms with Gasteiger partial charge in [0.25, 0.3) is 0 Å². The van der Waals surface area contributed by atoms with Crippen LogP contribution in [0.5, 0.6) is 0 Å². The van der Waals surface area contributed by atoms with Gasteiger partial charge in [-0.2, -0.15) is 0 Å². The van der Waals surface area contributed by atoms with Crippen molar-refractivity contribution in [3.63, 3.8) is 0 Å². The average Bonchev–Trinajstić information content (AvgIpc) is 2.84. The third-order valence-electron chi connectivity index (χ3n) is 3.33. The van der Waals surface area contributed by atoms with E-state index in [4.69, 9.17) is 14.6 Å². The molecule has 0 amide bonds. The molecule has 0 bridgehead atoms. The Hall–Kier alpha value is -0.650. The molecule has 0 spiro atoms. The Balaban J connectivity index is 1.83. The summed E-state index contributed by atoms with van der Waals surface area (Å²) >= 11 is 0. The van der Waals surface area contributed by atoms with Gasteiger partial charge in [-0.05, 0) is 32.7 Å². The van der Waals surface area contributed by atoms with Crippen LogP contribution in [0.25, 0.3) is 0 Å². The Morgan fingerprint density at radius 2 is 2.44 bits per heavy atom. The monoisotopic (exact) mass is 229 g/mol. The first-order valence-corrected chi connectivity index (χ1v) is 5.87. The number of rotatable bonds is 4. The summed E-state index contributed by atoms with van der Waals surface area (Å²) in [6.45, 7) is 3.45. The number of ether oxygens (including phenoxy) is 2. The lowest BCUT2D eigenvalue weighted by atomic mass is 10.1. The van der Waals surface area contributed by atoms with Crippen molar-refractivity contribution in [2.75, 3.05) is 13.2 Å². The standard InChI is InChI=1S/C11H19NO4/c1-11(9-3-2-6-12-9)15-7-8(16-11)4-5-10(13)14/h8-9,12H,2-7H2,1H3,(H,13,14). The van der Waals surface area contributed by atoms with Crippen LogP contribution >= 0.6 is 0 Å². The summed E-state index contributed by atoms with van der Waals surface area (Å²) in [5.41, 5.74) is 0. The van der Waals surface area contributed by atoms with Crippen molar-refractivity contribution in [2.45, 2.75) is 50.5 Å². The van der Waals surface area contributed by atoms with E-state index in [0.29, 0.717) is 13.0 Å². The van der Waals surface area contributed by atoms with Gasteiger partial charge in [0.05, 0.1) is 18.8 Å². The first-order valence-electron chi connectivity index (χ1n) is 5.87. The molecule has 0 aromatic heterocycles. The zero-order valence-corrected chi connectivity index (χ0v) is 9.57. The first kappa shape index (κ1) is 11.8. The van der Waals surface area contributed by atoms with E-state index in [1.165, 1.54) is 0 Å². The molecule has 16 heavy (non-hydrogen) atoms. The van der Waals surface area contributed by atoms with E-state index in [0.717, 1.165) is 19.4 Å². The molecule has 0 saturated carbocycles. The van der Waals surface area contributed by atoms with Gasteiger partial charge < -0.3 is 19.9 Å². The van der Waals surface area contributed by atoms with E-state index in [2.05, 4.69) is 5.32 Å². The fraction of sp³-hybridized carbons (Fsp3) is 0.909. The fourth-order valence-electron chi connectivity index (χ4n) is 2.40. The van der Waals surface area contributed by atoms with Crippen molar-refractivity contribution in [3.8, 4) is 0 Å². The van der Waals surface area contributed by atoms with E-state index in [1.54, 1.807) is 0 Å². The van der Waals surface area contributed by atoms with Crippen LogP contribution in [0.1, 0.15) is 32.6 Å². The minimum atomic E-state index is -0.781. The molecular formula is C11H19NO4. The Morgan fingerprint density at radius 3 is 3.06 bits per heavy atom. The lowest BCUT2D eigenvalue weighted by Gasteiger charge is -2.29. The van der Waals surface area contributed by atoms with Crippen LogP contribution in [0.2, 0.25) is 0 Å². The van der Waals surface area contributed by atoms with Gasteiger partial charge in [-0.1, -0.05) is 0 Å². The highest BCUT2D eigenvalue weighted by atomic mass is 16.7. The highest BCUT2D eigenvalue weighted by Gasteiger charge is 2.44. The molecule has 0 aromatic rings. The highest BCUT2D eigenvalue weighted by Crippen LogP contribution is 2.32. The predicted octanol–water partition coefficient (Wildman–Crippen LogP) is 0.735. The van der Waals surface area contributed by atoms with Crippen LogP contribution < -0.4 is 5.32 Å². The smallest absolute Gasteiger partial charge is 0.303 e. The number of hydrogen-bond donors (Lipinski definition) is 2. The van der Waals surface area contributed by atoms with E-state index < -0.39 is 11.8 Å². The van der Waals surface area contributed by atoms with Crippen LogP contribution in [0.15, 0.2) is 0 Å². The molecule has 2 saturated heterocycles. The molecule has 0 aliphatic carbocycles. The molecule has 92 valence electrons. The lowest BCUT2D eigenvalue weighted by molar-refractivity contribution is -0.173. The van der Waals surface area contributed by atoms with Crippen LogP contribution in [0.3, 0.4) is 0 Å². The minimum absolute atomic E-state index is 0.0801. The summed E-state index contributed by atoms with van der Waals surface area (Å²) < 4.78 is 11.5. The van der Waals surface area contributed by atoms with E-state index in [9.17, 15) is 4.79 Å². The molecular weight excluding hydrogens is 210 g/mol. The number of aliphatic carboxylic acids is 1. The van der Waals surface area contributed by atoms with E-state index >= 15 is 0 Å². The Bertz CT molecular complexity index is 265. The summed E-state index contributed by atoms with van der Waals surface area (Å²) in [6.07, 6.45) is 2.79. The fourth-order valence-corrected chi connectivity index (χ4v) is 2.40. The molecule has 2 heterocycles. The zero-order valence-electron chi connectivity index (χ0n) is 9.57. The SMILES string of the molecule is CC1(C2CCCN2)OCC(CCC(=O)O)O1. The Kier molecular flexibility index (Phi) is 3.47. The number of carboxylic acid groups (broad SMARTS) is 1. The van der Waals surface area contributed by atoms with Crippen LogP contribution in [0, 0.1) is 0 Å². The van der Waals surface area contributed by atoms with Gasteiger partial charge in [-0.25, -0.2) is 0 Å². The molecule has 5 nitrogen and oxygen atoms in total. The molecule has 2 rings (SSSR count). The topological polar surface area (TPSA) is 67.8 Å². The van der Waals surface area contributed by atoms with Crippen molar-refractivity contribution < 1.29 is 19.4 Å². The minimum Gasteiger partial charge on any atom is -0.481 e. The van der Waals surface area contributed by atoms with E-state index in [-0.39, 0.29) is 18.6 Å². The summed E-state index contributed by atoms with van der Waals surface area (Å²) in [4.78, 5) is 10.5.